The fraction of sp³-hybridized carbons (Fsp3) is 0.738. The molecule has 0 saturated heterocycles. The molecule has 66 heavy (non-hydrogen) atoms. The quantitative estimate of drug-likeness (QED) is 0.0346. The predicted molar refractivity (Wildman–Crippen MR) is 288 cm³/mol. The van der Waals surface area contributed by atoms with Crippen LogP contribution >= 0.6 is 0 Å². The highest BCUT2D eigenvalue weighted by Crippen LogP contribution is 2.14. The molecule has 0 fully saturated rings. The molecule has 1 unspecified atom stereocenters. The van der Waals surface area contributed by atoms with Crippen LogP contribution in [0.5, 0.6) is 0 Å². The molecule has 0 bridgehead atoms. The van der Waals surface area contributed by atoms with Gasteiger partial charge in [0, 0.05) is 19.4 Å². The normalized spacial score (nSPS) is 12.8. The summed E-state index contributed by atoms with van der Waals surface area (Å²) in [4.78, 5) is 25.5. The SMILES string of the molecule is CC/C=C\C/C=C\C/C=C\C/C=C\CCCCC(=O)OCC(COCCCCCCCCCCCC/C=C\CCCCCCCC)OC(=O)CCCCCCC/C=C\C/C=C\CCCCC. The van der Waals surface area contributed by atoms with Crippen molar-refractivity contribution in [3.63, 3.8) is 0 Å². The molecule has 0 radical (unpaired) electrons. The molecule has 0 aromatic heterocycles. The van der Waals surface area contributed by atoms with Crippen molar-refractivity contribution in [1.82, 2.24) is 0 Å². The standard InChI is InChI=1S/C61H106O5/c1-4-7-10-13-16-19-22-25-28-29-30-31-32-35-38-41-44-47-50-53-56-64-57-59(66-61(63)55-52-49-46-43-40-37-34-27-24-21-18-15-12-9-6-3)58-65-60(62)54-51-48-45-42-39-36-33-26-23-20-17-14-11-8-5-2/h8,11,17-18,20-21,25-28,33-34,39,42,59H,4-7,9-10,12-16,19,22-24,29-32,35-38,40-41,43-58H2,1-3H3/b11-8-,20-17-,21-18-,28-25-,33-26-,34-27-,42-39-. The van der Waals surface area contributed by atoms with E-state index in [4.69, 9.17) is 14.2 Å². The van der Waals surface area contributed by atoms with Crippen LogP contribution in [-0.2, 0) is 23.8 Å². The van der Waals surface area contributed by atoms with Crippen molar-refractivity contribution in [3.05, 3.63) is 85.1 Å². The van der Waals surface area contributed by atoms with Gasteiger partial charge in [-0.05, 0) is 116 Å². The van der Waals surface area contributed by atoms with Gasteiger partial charge in [-0.15, -0.1) is 0 Å². The van der Waals surface area contributed by atoms with E-state index in [1.165, 1.54) is 141 Å². The smallest absolute Gasteiger partial charge is 0.306 e. The molecular weight excluding hydrogens is 813 g/mol. The summed E-state index contributed by atoms with van der Waals surface area (Å²) in [5.41, 5.74) is 0. The van der Waals surface area contributed by atoms with E-state index >= 15 is 0 Å². The highest BCUT2D eigenvalue weighted by atomic mass is 16.6. The van der Waals surface area contributed by atoms with Gasteiger partial charge in [0.2, 0.25) is 0 Å². The molecule has 0 rings (SSSR count). The summed E-state index contributed by atoms with van der Waals surface area (Å²) in [6, 6.07) is 0. The Kier molecular flexibility index (Phi) is 53.9. The Morgan fingerprint density at radius 2 is 0.682 bits per heavy atom. The first-order chi connectivity index (χ1) is 32.6. The molecule has 0 aromatic carbocycles. The van der Waals surface area contributed by atoms with Crippen LogP contribution in [-0.4, -0.2) is 37.9 Å². The third-order valence-corrected chi connectivity index (χ3v) is 11.9. The first-order valence-corrected chi connectivity index (χ1v) is 28.1. The highest BCUT2D eigenvalue weighted by Gasteiger charge is 2.17. The summed E-state index contributed by atoms with van der Waals surface area (Å²) >= 11 is 0. The van der Waals surface area contributed by atoms with Crippen molar-refractivity contribution in [3.8, 4) is 0 Å². The number of hydrogen-bond acceptors (Lipinski definition) is 5. The summed E-state index contributed by atoms with van der Waals surface area (Å²) in [6.45, 7) is 7.64. The Morgan fingerprint density at radius 3 is 1.17 bits per heavy atom. The second kappa shape index (κ2) is 56.4. The van der Waals surface area contributed by atoms with Crippen LogP contribution in [0.4, 0.5) is 0 Å². The maximum Gasteiger partial charge on any atom is 0.306 e. The number of allylic oxidation sites excluding steroid dienone is 14. The van der Waals surface area contributed by atoms with Crippen LogP contribution in [0.25, 0.3) is 0 Å². The van der Waals surface area contributed by atoms with Gasteiger partial charge in [-0.25, -0.2) is 0 Å². The summed E-state index contributed by atoms with van der Waals surface area (Å²) in [5.74, 6) is -0.458. The maximum atomic E-state index is 12.8. The first kappa shape index (κ1) is 63.1. The van der Waals surface area contributed by atoms with Crippen LogP contribution in [0.2, 0.25) is 0 Å². The van der Waals surface area contributed by atoms with E-state index in [1.807, 2.05) is 0 Å². The molecule has 0 heterocycles. The molecule has 5 nitrogen and oxygen atoms in total. The number of esters is 2. The fourth-order valence-corrected chi connectivity index (χ4v) is 7.70. The van der Waals surface area contributed by atoms with Crippen molar-refractivity contribution in [2.24, 2.45) is 0 Å². The lowest BCUT2D eigenvalue weighted by Gasteiger charge is -2.18. The van der Waals surface area contributed by atoms with Crippen LogP contribution in [0.1, 0.15) is 265 Å². The Labute approximate surface area is 409 Å². The molecule has 0 amide bonds. The van der Waals surface area contributed by atoms with E-state index in [0.29, 0.717) is 19.4 Å². The Bertz CT molecular complexity index is 1220. The highest BCUT2D eigenvalue weighted by molar-refractivity contribution is 5.70. The largest absolute Gasteiger partial charge is 0.462 e. The van der Waals surface area contributed by atoms with E-state index in [2.05, 4.69) is 106 Å². The Hall–Kier alpha value is -2.92. The molecule has 0 aliphatic heterocycles. The topological polar surface area (TPSA) is 61.8 Å². The van der Waals surface area contributed by atoms with E-state index in [0.717, 1.165) is 89.9 Å². The van der Waals surface area contributed by atoms with Crippen molar-refractivity contribution in [1.29, 1.82) is 0 Å². The third kappa shape index (κ3) is 53.7. The fourth-order valence-electron chi connectivity index (χ4n) is 7.70. The van der Waals surface area contributed by atoms with E-state index in [-0.39, 0.29) is 25.2 Å². The van der Waals surface area contributed by atoms with E-state index < -0.39 is 6.10 Å². The summed E-state index contributed by atoms with van der Waals surface area (Å²) in [5, 5.41) is 0. The van der Waals surface area contributed by atoms with Crippen LogP contribution in [0.3, 0.4) is 0 Å². The molecule has 1 atom stereocenters. The second-order valence-electron chi connectivity index (χ2n) is 18.4. The number of unbranched alkanes of at least 4 members (excludes halogenated alkanes) is 26. The predicted octanol–water partition coefficient (Wildman–Crippen LogP) is 19.2. The average Bonchev–Trinajstić information content (AvgIpc) is 3.32. The van der Waals surface area contributed by atoms with Gasteiger partial charge in [-0.3, -0.25) is 9.59 Å². The zero-order valence-electron chi connectivity index (χ0n) is 43.7. The molecule has 0 spiro atoms. The molecule has 0 aromatic rings. The number of carbonyl (C=O) groups excluding carboxylic acids is 2. The zero-order valence-corrected chi connectivity index (χ0v) is 43.7. The van der Waals surface area contributed by atoms with E-state index in [9.17, 15) is 9.59 Å². The van der Waals surface area contributed by atoms with Crippen molar-refractivity contribution in [2.45, 2.75) is 271 Å². The molecule has 380 valence electrons. The van der Waals surface area contributed by atoms with Gasteiger partial charge in [-0.2, -0.15) is 0 Å². The average molecular weight is 920 g/mol. The number of ether oxygens (including phenoxy) is 3. The van der Waals surface area contributed by atoms with Gasteiger partial charge in [0.25, 0.3) is 0 Å². The summed E-state index contributed by atoms with van der Waals surface area (Å²) in [7, 11) is 0. The van der Waals surface area contributed by atoms with Gasteiger partial charge in [0.15, 0.2) is 6.10 Å². The zero-order chi connectivity index (χ0) is 47.7. The number of carbonyl (C=O) groups is 2. The summed E-state index contributed by atoms with van der Waals surface area (Å²) < 4.78 is 17.4. The molecule has 5 heteroatoms. The van der Waals surface area contributed by atoms with E-state index in [1.54, 1.807) is 0 Å². The lowest BCUT2D eigenvalue weighted by atomic mass is 10.1. The lowest BCUT2D eigenvalue weighted by molar-refractivity contribution is -0.163. The van der Waals surface area contributed by atoms with Gasteiger partial charge >= 0.3 is 11.9 Å². The van der Waals surface area contributed by atoms with Crippen molar-refractivity contribution in [2.75, 3.05) is 19.8 Å². The monoisotopic (exact) mass is 919 g/mol. The van der Waals surface area contributed by atoms with Gasteiger partial charge < -0.3 is 14.2 Å². The molecule has 0 N–H and O–H groups in total. The summed E-state index contributed by atoms with van der Waals surface area (Å²) in [6.07, 6.45) is 74.6. The van der Waals surface area contributed by atoms with Crippen LogP contribution in [0, 0.1) is 0 Å². The minimum Gasteiger partial charge on any atom is -0.462 e. The minimum atomic E-state index is -0.565. The second-order valence-corrected chi connectivity index (χ2v) is 18.4. The first-order valence-electron chi connectivity index (χ1n) is 28.1. The molecular formula is C61H106O5. The number of hydrogen-bond donors (Lipinski definition) is 0. The van der Waals surface area contributed by atoms with Gasteiger partial charge in [0.05, 0.1) is 6.61 Å². The third-order valence-electron chi connectivity index (χ3n) is 11.9. The van der Waals surface area contributed by atoms with Crippen molar-refractivity contribution < 1.29 is 23.8 Å². The van der Waals surface area contributed by atoms with Crippen molar-refractivity contribution >= 4 is 11.9 Å². The Balaban J connectivity index is 4.33. The minimum absolute atomic E-state index is 0.0551. The van der Waals surface area contributed by atoms with Gasteiger partial charge in [0.1, 0.15) is 6.61 Å². The molecule has 0 aliphatic rings. The molecule has 0 aliphatic carbocycles. The number of rotatable bonds is 51. The Morgan fingerprint density at radius 1 is 0.348 bits per heavy atom. The van der Waals surface area contributed by atoms with Crippen LogP contribution in [0.15, 0.2) is 85.1 Å². The van der Waals surface area contributed by atoms with Crippen LogP contribution < -0.4 is 0 Å². The van der Waals surface area contributed by atoms with Gasteiger partial charge in [-0.1, -0.05) is 221 Å². The lowest BCUT2D eigenvalue weighted by Crippen LogP contribution is -2.30. The maximum absolute atomic E-state index is 12.8. The molecule has 0 saturated carbocycles.